The largest absolute Gasteiger partial charge is 0.378 e. The van der Waals surface area contributed by atoms with E-state index in [9.17, 15) is 9.59 Å². The van der Waals surface area contributed by atoms with E-state index in [2.05, 4.69) is 41.9 Å². The summed E-state index contributed by atoms with van der Waals surface area (Å²) in [5, 5.41) is 8.52. The molecule has 9 heteroatoms. The van der Waals surface area contributed by atoms with Crippen LogP contribution >= 0.6 is 0 Å². The fourth-order valence-corrected chi connectivity index (χ4v) is 2.77. The molecule has 0 spiro atoms. The molecule has 1 rings (SSSR count). The fourth-order valence-electron chi connectivity index (χ4n) is 2.77. The van der Waals surface area contributed by atoms with Crippen LogP contribution in [0.2, 0.25) is 0 Å². The van der Waals surface area contributed by atoms with Crippen LogP contribution in [0, 0.1) is 5.92 Å². The molecule has 0 atom stereocenters. The molecule has 0 unspecified atom stereocenters. The summed E-state index contributed by atoms with van der Waals surface area (Å²) in [6, 6.07) is 8.29. The molecule has 3 N–H and O–H groups in total. The van der Waals surface area contributed by atoms with E-state index in [-0.39, 0.29) is 25.0 Å². The normalized spacial score (nSPS) is 11.0. The molecule has 0 radical (unpaired) electrons. The van der Waals surface area contributed by atoms with Crippen molar-refractivity contribution in [3.8, 4) is 0 Å². The van der Waals surface area contributed by atoms with Crippen LogP contribution in [0.5, 0.6) is 0 Å². The average molecular weight is 468 g/mol. The molecule has 188 valence electrons. The van der Waals surface area contributed by atoms with Crippen molar-refractivity contribution in [1.29, 1.82) is 0 Å². The van der Waals surface area contributed by atoms with Gasteiger partial charge in [-0.3, -0.25) is 9.59 Å². The Labute approximate surface area is 197 Å². The van der Waals surface area contributed by atoms with Gasteiger partial charge in [-0.2, -0.15) is 0 Å². The van der Waals surface area contributed by atoms with E-state index in [4.69, 9.17) is 18.9 Å². The zero-order valence-corrected chi connectivity index (χ0v) is 20.3. The van der Waals surface area contributed by atoms with Gasteiger partial charge in [0, 0.05) is 19.6 Å². The summed E-state index contributed by atoms with van der Waals surface area (Å²) in [4.78, 5) is 23.5. The van der Waals surface area contributed by atoms with Gasteiger partial charge in [-0.15, -0.1) is 0 Å². The molecule has 9 nitrogen and oxygen atoms in total. The highest BCUT2D eigenvalue weighted by Gasteiger charge is 2.04. The Morgan fingerprint density at radius 1 is 0.727 bits per heavy atom. The maximum absolute atomic E-state index is 11.9. The molecular weight excluding hydrogens is 426 g/mol. The molecule has 2 amide bonds. The van der Waals surface area contributed by atoms with Crippen LogP contribution in [0.4, 0.5) is 0 Å². The predicted octanol–water partition coefficient (Wildman–Crippen LogP) is 0.903. The Morgan fingerprint density at radius 3 is 1.82 bits per heavy atom. The van der Waals surface area contributed by atoms with Crippen molar-refractivity contribution in [2.75, 3.05) is 73.0 Å². The number of likely N-dealkylation sites (N-methyl/N-ethyl adjacent to an activating group) is 1. The maximum Gasteiger partial charge on any atom is 0.246 e. The lowest BCUT2D eigenvalue weighted by atomic mass is 10.0. The van der Waals surface area contributed by atoms with Crippen LogP contribution < -0.4 is 16.0 Å². The van der Waals surface area contributed by atoms with Gasteiger partial charge in [-0.25, -0.2) is 0 Å². The van der Waals surface area contributed by atoms with E-state index in [1.807, 2.05) is 19.2 Å². The van der Waals surface area contributed by atoms with E-state index in [1.165, 1.54) is 5.56 Å². The number of benzene rings is 1. The SMILES string of the molecule is CNCCOCCOCC(=O)NCCOCCOCC(=O)NCc1ccc(CC(C)C)cc1. The first-order valence-electron chi connectivity index (χ1n) is 11.6. The molecule has 0 aliphatic carbocycles. The molecular formula is C24H41N3O6. The van der Waals surface area contributed by atoms with Crippen molar-refractivity contribution in [3.63, 3.8) is 0 Å². The van der Waals surface area contributed by atoms with Crippen molar-refractivity contribution in [2.24, 2.45) is 5.92 Å². The van der Waals surface area contributed by atoms with Crippen LogP contribution in [0.25, 0.3) is 0 Å². The Bertz CT molecular complexity index is 640. The summed E-state index contributed by atoms with van der Waals surface area (Å²) >= 11 is 0. The molecule has 0 aromatic heterocycles. The highest BCUT2D eigenvalue weighted by molar-refractivity contribution is 5.77. The molecule has 0 saturated heterocycles. The van der Waals surface area contributed by atoms with E-state index < -0.39 is 0 Å². The smallest absolute Gasteiger partial charge is 0.246 e. The summed E-state index contributed by atoms with van der Waals surface area (Å²) in [5.41, 5.74) is 2.36. The van der Waals surface area contributed by atoms with E-state index >= 15 is 0 Å². The molecule has 0 aliphatic rings. The minimum atomic E-state index is -0.198. The van der Waals surface area contributed by atoms with Gasteiger partial charge in [0.25, 0.3) is 0 Å². The zero-order chi connectivity index (χ0) is 24.2. The number of ether oxygens (including phenoxy) is 4. The number of carbonyl (C=O) groups is 2. The first-order valence-corrected chi connectivity index (χ1v) is 11.6. The lowest BCUT2D eigenvalue weighted by molar-refractivity contribution is -0.127. The van der Waals surface area contributed by atoms with Crippen LogP contribution in [0.15, 0.2) is 24.3 Å². The van der Waals surface area contributed by atoms with Gasteiger partial charge >= 0.3 is 0 Å². The van der Waals surface area contributed by atoms with Crippen LogP contribution in [0.1, 0.15) is 25.0 Å². The predicted molar refractivity (Wildman–Crippen MR) is 127 cm³/mol. The molecule has 0 bridgehead atoms. The first kappa shape index (κ1) is 29.0. The molecule has 1 aromatic rings. The Morgan fingerprint density at radius 2 is 1.24 bits per heavy atom. The maximum atomic E-state index is 11.9. The lowest BCUT2D eigenvalue weighted by Gasteiger charge is -2.09. The fraction of sp³-hybridized carbons (Fsp3) is 0.667. The van der Waals surface area contributed by atoms with Crippen LogP contribution in [0.3, 0.4) is 0 Å². The van der Waals surface area contributed by atoms with E-state index in [1.54, 1.807) is 0 Å². The Hall–Kier alpha value is -2.04. The minimum Gasteiger partial charge on any atom is -0.378 e. The summed E-state index contributed by atoms with van der Waals surface area (Å²) < 4.78 is 21.2. The van der Waals surface area contributed by atoms with Crippen molar-refractivity contribution in [3.05, 3.63) is 35.4 Å². The average Bonchev–Trinajstić information content (AvgIpc) is 2.79. The highest BCUT2D eigenvalue weighted by Crippen LogP contribution is 2.09. The summed E-state index contributed by atoms with van der Waals surface area (Å²) in [6.07, 6.45) is 1.05. The van der Waals surface area contributed by atoms with Gasteiger partial charge in [0.1, 0.15) is 13.2 Å². The third kappa shape index (κ3) is 17.1. The summed E-state index contributed by atoms with van der Waals surface area (Å²) in [5.74, 6) is 0.260. The second kappa shape index (κ2) is 19.4. The van der Waals surface area contributed by atoms with Gasteiger partial charge in [-0.05, 0) is 30.5 Å². The molecule has 1 aromatic carbocycles. The van der Waals surface area contributed by atoms with Gasteiger partial charge in [-0.1, -0.05) is 38.1 Å². The second-order valence-electron chi connectivity index (χ2n) is 7.97. The van der Waals surface area contributed by atoms with Crippen molar-refractivity contribution < 1.29 is 28.5 Å². The number of hydrogen-bond acceptors (Lipinski definition) is 7. The van der Waals surface area contributed by atoms with Crippen molar-refractivity contribution in [2.45, 2.75) is 26.8 Å². The van der Waals surface area contributed by atoms with E-state index in [0.29, 0.717) is 58.6 Å². The van der Waals surface area contributed by atoms with Crippen molar-refractivity contribution in [1.82, 2.24) is 16.0 Å². The third-order valence-corrected chi connectivity index (χ3v) is 4.43. The monoisotopic (exact) mass is 467 g/mol. The van der Waals surface area contributed by atoms with Crippen LogP contribution in [-0.2, 0) is 41.5 Å². The zero-order valence-electron chi connectivity index (χ0n) is 20.3. The number of amides is 2. The quantitative estimate of drug-likeness (QED) is 0.245. The highest BCUT2D eigenvalue weighted by atomic mass is 16.5. The molecule has 33 heavy (non-hydrogen) atoms. The molecule has 0 aliphatic heterocycles. The number of nitrogens with one attached hydrogen (secondary N) is 3. The van der Waals surface area contributed by atoms with Gasteiger partial charge in [0.2, 0.25) is 11.8 Å². The summed E-state index contributed by atoms with van der Waals surface area (Å²) in [7, 11) is 1.86. The number of rotatable bonds is 20. The standard InChI is InChI=1S/C24H41N3O6/c1-20(2)16-21-4-6-22(7-5-21)17-27-24(29)19-33-15-13-31-11-9-26-23(28)18-32-14-12-30-10-8-25-3/h4-7,20,25H,8-19H2,1-3H3,(H,26,28)(H,27,29). The van der Waals surface area contributed by atoms with Gasteiger partial charge < -0.3 is 34.9 Å². The Kier molecular flexibility index (Phi) is 17.1. The summed E-state index contributed by atoms with van der Waals surface area (Å²) in [6.45, 7) is 8.49. The molecule has 0 fully saturated rings. The van der Waals surface area contributed by atoms with Gasteiger partial charge in [0.05, 0.1) is 39.6 Å². The molecule has 0 heterocycles. The third-order valence-electron chi connectivity index (χ3n) is 4.43. The Balaban J connectivity index is 1.91. The van der Waals surface area contributed by atoms with Crippen LogP contribution in [-0.4, -0.2) is 84.8 Å². The molecule has 0 saturated carbocycles. The lowest BCUT2D eigenvalue weighted by Crippen LogP contribution is -2.31. The van der Waals surface area contributed by atoms with Crippen molar-refractivity contribution >= 4 is 11.8 Å². The minimum absolute atomic E-state index is 0.00427. The number of hydrogen-bond donors (Lipinski definition) is 3. The number of carbonyl (C=O) groups excluding carboxylic acids is 2. The second-order valence-corrected chi connectivity index (χ2v) is 7.97. The topological polar surface area (TPSA) is 107 Å². The first-order chi connectivity index (χ1) is 16.0. The van der Waals surface area contributed by atoms with E-state index in [0.717, 1.165) is 18.5 Å². The van der Waals surface area contributed by atoms with Gasteiger partial charge in [0.15, 0.2) is 0 Å².